The zero-order valence-electron chi connectivity index (χ0n) is 11.8. The van der Waals surface area contributed by atoms with Gasteiger partial charge in [0, 0.05) is 12.6 Å². The molecule has 2 fully saturated rings. The molecule has 116 valence electrons. The maximum atomic E-state index is 12.7. The van der Waals surface area contributed by atoms with Gasteiger partial charge >= 0.3 is 12.1 Å². The molecule has 7 heteroatoms. The highest BCUT2D eigenvalue weighted by molar-refractivity contribution is 5.82. The van der Waals surface area contributed by atoms with E-state index >= 15 is 0 Å². The highest BCUT2D eigenvalue weighted by Crippen LogP contribution is 2.42. The third kappa shape index (κ3) is 3.44. The molecule has 0 aromatic rings. The molecule has 1 unspecified atom stereocenters. The molecule has 0 bridgehead atoms. The average Bonchev–Trinajstić information content (AvgIpc) is 3.23. The highest BCUT2D eigenvalue weighted by Gasteiger charge is 2.54. The van der Waals surface area contributed by atoms with Gasteiger partial charge in [-0.2, -0.15) is 13.2 Å². The SMILES string of the molecule is CNC(CN(CC(F)(F)F)C1CC1)(C(=O)OC)C1CC1. The van der Waals surface area contributed by atoms with E-state index < -0.39 is 24.2 Å². The molecule has 0 aromatic heterocycles. The number of carbonyl (C=O) groups is 1. The monoisotopic (exact) mass is 294 g/mol. The van der Waals surface area contributed by atoms with Crippen molar-refractivity contribution < 1.29 is 22.7 Å². The van der Waals surface area contributed by atoms with Crippen molar-refractivity contribution in [2.75, 3.05) is 27.2 Å². The van der Waals surface area contributed by atoms with Crippen LogP contribution in [0.25, 0.3) is 0 Å². The van der Waals surface area contributed by atoms with E-state index in [1.165, 1.54) is 12.0 Å². The minimum absolute atomic E-state index is 0.0605. The molecular weight excluding hydrogens is 273 g/mol. The van der Waals surface area contributed by atoms with Crippen LogP contribution in [0.2, 0.25) is 0 Å². The molecule has 0 heterocycles. The first-order valence-corrected chi connectivity index (χ1v) is 6.90. The zero-order chi connectivity index (χ0) is 15.0. The largest absolute Gasteiger partial charge is 0.468 e. The molecule has 20 heavy (non-hydrogen) atoms. The molecule has 0 saturated heterocycles. The van der Waals surface area contributed by atoms with Crippen molar-refractivity contribution in [1.82, 2.24) is 10.2 Å². The van der Waals surface area contributed by atoms with Gasteiger partial charge in [0.25, 0.3) is 0 Å². The number of nitrogens with one attached hydrogen (secondary N) is 1. The van der Waals surface area contributed by atoms with E-state index in [2.05, 4.69) is 5.32 Å². The van der Waals surface area contributed by atoms with Crippen molar-refractivity contribution in [3.8, 4) is 0 Å². The Bertz CT molecular complexity index is 367. The van der Waals surface area contributed by atoms with Crippen LogP contribution in [0.15, 0.2) is 0 Å². The number of esters is 1. The number of halogens is 3. The van der Waals surface area contributed by atoms with Crippen LogP contribution in [0.4, 0.5) is 13.2 Å². The molecule has 2 saturated carbocycles. The Kier molecular flexibility index (Phi) is 4.30. The van der Waals surface area contributed by atoms with Crippen LogP contribution < -0.4 is 5.32 Å². The van der Waals surface area contributed by atoms with Crippen LogP contribution >= 0.6 is 0 Å². The summed E-state index contributed by atoms with van der Waals surface area (Å²) in [4.78, 5) is 13.5. The standard InChI is InChI=1S/C13H21F3N2O2/c1-17-12(9-3-4-9,11(19)20-2)7-18(10-5-6-10)8-13(14,15)16/h9-10,17H,3-8H2,1-2H3. The van der Waals surface area contributed by atoms with Gasteiger partial charge in [-0.3, -0.25) is 4.90 Å². The van der Waals surface area contributed by atoms with Gasteiger partial charge in [0.15, 0.2) is 0 Å². The lowest BCUT2D eigenvalue weighted by Crippen LogP contribution is -2.61. The second kappa shape index (κ2) is 5.52. The lowest BCUT2D eigenvalue weighted by atomic mass is 9.92. The van der Waals surface area contributed by atoms with Gasteiger partial charge < -0.3 is 10.1 Å². The third-order valence-electron chi connectivity index (χ3n) is 4.17. The molecular formula is C13H21F3N2O2. The topological polar surface area (TPSA) is 41.6 Å². The zero-order valence-corrected chi connectivity index (χ0v) is 11.8. The van der Waals surface area contributed by atoms with Gasteiger partial charge in [0.1, 0.15) is 5.54 Å². The molecule has 0 aliphatic heterocycles. The first-order valence-electron chi connectivity index (χ1n) is 6.90. The van der Waals surface area contributed by atoms with Crippen LogP contribution in [0.3, 0.4) is 0 Å². The fourth-order valence-corrected chi connectivity index (χ4v) is 2.81. The molecule has 1 N–H and O–H groups in total. The molecule has 0 aromatic carbocycles. The Morgan fingerprint density at radius 2 is 1.85 bits per heavy atom. The maximum Gasteiger partial charge on any atom is 0.401 e. The summed E-state index contributed by atoms with van der Waals surface area (Å²) in [6.07, 6.45) is -1.02. The van der Waals surface area contributed by atoms with E-state index in [9.17, 15) is 18.0 Å². The number of alkyl halides is 3. The van der Waals surface area contributed by atoms with Crippen LogP contribution in [-0.4, -0.2) is 55.9 Å². The van der Waals surface area contributed by atoms with Crippen molar-refractivity contribution in [2.24, 2.45) is 5.92 Å². The Hall–Kier alpha value is -0.820. The average molecular weight is 294 g/mol. The second-order valence-electron chi connectivity index (χ2n) is 5.74. The van der Waals surface area contributed by atoms with Crippen LogP contribution in [0, 0.1) is 5.92 Å². The molecule has 0 radical (unpaired) electrons. The van der Waals surface area contributed by atoms with Crippen molar-refractivity contribution in [3.63, 3.8) is 0 Å². The molecule has 4 nitrogen and oxygen atoms in total. The quantitative estimate of drug-likeness (QED) is 0.724. The molecule has 2 aliphatic carbocycles. The van der Waals surface area contributed by atoms with Gasteiger partial charge in [0.05, 0.1) is 13.7 Å². The summed E-state index contributed by atoms with van der Waals surface area (Å²) >= 11 is 0. The number of nitrogens with zero attached hydrogens (tertiary/aromatic N) is 1. The minimum atomic E-state index is -4.25. The summed E-state index contributed by atoms with van der Waals surface area (Å²) < 4.78 is 42.9. The summed E-state index contributed by atoms with van der Waals surface area (Å²) in [5.41, 5.74) is -1.01. The molecule has 2 aliphatic rings. The third-order valence-corrected chi connectivity index (χ3v) is 4.17. The summed E-state index contributed by atoms with van der Waals surface area (Å²) in [5.74, 6) is -0.398. The number of rotatable bonds is 7. The Morgan fingerprint density at radius 1 is 1.25 bits per heavy atom. The fraction of sp³-hybridized carbons (Fsp3) is 0.923. The van der Waals surface area contributed by atoms with Gasteiger partial charge in [-0.25, -0.2) is 4.79 Å². The molecule has 0 spiro atoms. The maximum absolute atomic E-state index is 12.7. The summed E-state index contributed by atoms with van der Waals surface area (Å²) in [6, 6.07) is -0.0623. The van der Waals surface area contributed by atoms with Crippen molar-refractivity contribution >= 4 is 5.97 Å². The summed E-state index contributed by atoms with van der Waals surface area (Å²) in [5, 5.41) is 2.94. The van der Waals surface area contributed by atoms with Crippen molar-refractivity contribution in [3.05, 3.63) is 0 Å². The number of ether oxygens (including phenoxy) is 1. The van der Waals surface area contributed by atoms with Crippen molar-refractivity contribution in [1.29, 1.82) is 0 Å². The normalized spacial score (nSPS) is 22.7. The first-order chi connectivity index (χ1) is 9.32. The van der Waals surface area contributed by atoms with E-state index in [1.807, 2.05) is 0 Å². The van der Waals surface area contributed by atoms with Gasteiger partial charge in [0.2, 0.25) is 0 Å². The molecule has 1 atom stereocenters. The highest BCUT2D eigenvalue weighted by atomic mass is 19.4. The number of carbonyl (C=O) groups excluding carboxylic acids is 1. The Labute approximate surface area is 116 Å². The van der Waals surface area contributed by atoms with Crippen LogP contribution in [0.1, 0.15) is 25.7 Å². The van der Waals surface area contributed by atoms with E-state index in [0.29, 0.717) is 0 Å². The van der Waals surface area contributed by atoms with Gasteiger partial charge in [-0.1, -0.05) is 0 Å². The Morgan fingerprint density at radius 3 is 2.20 bits per heavy atom. The van der Waals surface area contributed by atoms with Crippen LogP contribution in [-0.2, 0) is 9.53 Å². The smallest absolute Gasteiger partial charge is 0.401 e. The number of likely N-dealkylation sites (N-methyl/N-ethyl adjacent to an activating group) is 1. The van der Waals surface area contributed by atoms with E-state index in [4.69, 9.17) is 4.74 Å². The first kappa shape index (κ1) is 15.6. The number of methoxy groups -OCH3 is 1. The van der Waals surface area contributed by atoms with E-state index in [1.54, 1.807) is 7.05 Å². The van der Waals surface area contributed by atoms with Gasteiger partial charge in [-0.15, -0.1) is 0 Å². The van der Waals surface area contributed by atoms with Crippen molar-refractivity contribution in [2.45, 2.75) is 43.4 Å². The number of hydrogen-bond donors (Lipinski definition) is 1. The minimum Gasteiger partial charge on any atom is -0.468 e. The predicted molar refractivity (Wildman–Crippen MR) is 67.2 cm³/mol. The van der Waals surface area contributed by atoms with Gasteiger partial charge in [-0.05, 0) is 38.6 Å². The predicted octanol–water partition coefficient (Wildman–Crippen LogP) is 1.55. The molecule has 2 rings (SSSR count). The van der Waals surface area contributed by atoms with E-state index in [0.717, 1.165) is 25.7 Å². The lowest BCUT2D eigenvalue weighted by molar-refractivity contribution is -0.160. The second-order valence-corrected chi connectivity index (χ2v) is 5.74. The summed E-state index contributed by atoms with van der Waals surface area (Å²) in [7, 11) is 2.90. The number of hydrogen-bond acceptors (Lipinski definition) is 4. The Balaban J connectivity index is 2.14. The summed E-state index contributed by atoms with van der Waals surface area (Å²) in [6.45, 7) is -0.907. The van der Waals surface area contributed by atoms with Crippen LogP contribution in [0.5, 0.6) is 0 Å². The molecule has 0 amide bonds. The lowest BCUT2D eigenvalue weighted by Gasteiger charge is -2.36. The fourth-order valence-electron chi connectivity index (χ4n) is 2.81. The van der Waals surface area contributed by atoms with E-state index in [-0.39, 0.29) is 18.5 Å².